The average Bonchev–Trinajstić information content (AvgIpc) is 3.17. The fourth-order valence-electron chi connectivity index (χ4n) is 2.90. The van der Waals surface area contributed by atoms with Crippen molar-refractivity contribution in [2.45, 2.75) is 45.1 Å². The normalized spacial score (nSPS) is 15.7. The first-order valence-electron chi connectivity index (χ1n) is 7.39. The van der Waals surface area contributed by atoms with Crippen LogP contribution in [0.5, 0.6) is 0 Å². The van der Waals surface area contributed by atoms with E-state index in [0.29, 0.717) is 5.92 Å². The minimum atomic E-state index is 0.585. The lowest BCUT2D eigenvalue weighted by Gasteiger charge is -2.13. The topological polar surface area (TPSA) is 55.6 Å². The lowest BCUT2D eigenvalue weighted by Crippen LogP contribution is -2.06. The second-order valence-electron chi connectivity index (χ2n) is 5.30. The lowest BCUT2D eigenvalue weighted by molar-refractivity contribution is 0.693. The first kappa shape index (κ1) is 13.1. The molecule has 1 aliphatic carbocycles. The van der Waals surface area contributed by atoms with Crippen LogP contribution < -0.4 is 5.32 Å². The Kier molecular flexibility index (Phi) is 3.67. The molecule has 106 valence electrons. The molecule has 1 N–H and O–H groups in total. The zero-order chi connectivity index (χ0) is 13.9. The van der Waals surface area contributed by atoms with Crippen LogP contribution in [0.15, 0.2) is 18.6 Å². The van der Waals surface area contributed by atoms with E-state index in [9.17, 15) is 0 Å². The Balaban J connectivity index is 2.03. The van der Waals surface area contributed by atoms with Gasteiger partial charge in [-0.3, -0.25) is 0 Å². The van der Waals surface area contributed by atoms with Gasteiger partial charge in [-0.1, -0.05) is 12.8 Å². The third kappa shape index (κ3) is 2.40. The van der Waals surface area contributed by atoms with E-state index in [0.717, 1.165) is 23.9 Å². The smallest absolute Gasteiger partial charge is 0.180 e. The summed E-state index contributed by atoms with van der Waals surface area (Å²) in [5.41, 5.74) is 2.16. The Morgan fingerprint density at radius 1 is 1.30 bits per heavy atom. The van der Waals surface area contributed by atoms with E-state index in [1.54, 1.807) is 0 Å². The number of aryl methyl sites for hydroxylation is 1. The first-order chi connectivity index (χ1) is 9.81. The maximum atomic E-state index is 4.80. The van der Waals surface area contributed by atoms with Crippen LogP contribution in [0.1, 0.15) is 44.2 Å². The Bertz CT molecular complexity index is 584. The van der Waals surface area contributed by atoms with Crippen molar-refractivity contribution < 1.29 is 0 Å². The summed E-state index contributed by atoms with van der Waals surface area (Å²) in [5.74, 6) is 2.25. The number of anilines is 1. The molecule has 0 unspecified atom stereocenters. The third-order valence-corrected chi connectivity index (χ3v) is 4.06. The molecule has 0 atom stereocenters. The zero-order valence-corrected chi connectivity index (χ0v) is 12.1. The number of hydrogen-bond donors (Lipinski definition) is 1. The summed E-state index contributed by atoms with van der Waals surface area (Å²) in [5, 5.41) is 3.15. The molecule has 0 aliphatic heterocycles. The zero-order valence-electron chi connectivity index (χ0n) is 12.1. The van der Waals surface area contributed by atoms with Crippen LogP contribution in [0.2, 0.25) is 0 Å². The summed E-state index contributed by atoms with van der Waals surface area (Å²) in [4.78, 5) is 13.6. The second kappa shape index (κ2) is 5.61. The molecular formula is C15H21N5. The van der Waals surface area contributed by atoms with Crippen molar-refractivity contribution in [3.05, 3.63) is 24.3 Å². The van der Waals surface area contributed by atoms with Crippen molar-refractivity contribution in [1.82, 2.24) is 19.5 Å². The van der Waals surface area contributed by atoms with Gasteiger partial charge in [0.25, 0.3) is 0 Å². The van der Waals surface area contributed by atoms with E-state index in [1.807, 2.05) is 19.6 Å². The van der Waals surface area contributed by atoms with E-state index in [-0.39, 0.29) is 0 Å². The molecule has 0 amide bonds. The van der Waals surface area contributed by atoms with Gasteiger partial charge in [-0.25, -0.2) is 15.0 Å². The maximum absolute atomic E-state index is 4.80. The van der Waals surface area contributed by atoms with Gasteiger partial charge in [-0.2, -0.15) is 0 Å². The van der Waals surface area contributed by atoms with E-state index >= 15 is 0 Å². The van der Waals surface area contributed by atoms with Crippen LogP contribution in [0, 0.1) is 0 Å². The molecule has 0 radical (unpaired) electrons. The van der Waals surface area contributed by atoms with Crippen molar-refractivity contribution in [3.63, 3.8) is 0 Å². The van der Waals surface area contributed by atoms with Crippen molar-refractivity contribution in [3.8, 4) is 11.5 Å². The quantitative estimate of drug-likeness (QED) is 0.928. The van der Waals surface area contributed by atoms with Gasteiger partial charge in [0.2, 0.25) is 0 Å². The van der Waals surface area contributed by atoms with Crippen LogP contribution in [0.3, 0.4) is 0 Å². The van der Waals surface area contributed by atoms with Crippen LogP contribution in [0.25, 0.3) is 11.5 Å². The molecule has 2 aromatic heterocycles. The van der Waals surface area contributed by atoms with Gasteiger partial charge in [-0.05, 0) is 19.8 Å². The van der Waals surface area contributed by atoms with Gasteiger partial charge in [0.15, 0.2) is 5.82 Å². The molecule has 0 saturated heterocycles. The molecule has 5 nitrogen and oxygen atoms in total. The molecule has 0 bridgehead atoms. The summed E-state index contributed by atoms with van der Waals surface area (Å²) in [6.07, 6.45) is 8.79. The molecule has 5 heteroatoms. The first-order valence-corrected chi connectivity index (χ1v) is 7.39. The summed E-state index contributed by atoms with van der Waals surface area (Å²) in [6, 6.07) is 2.09. The second-order valence-corrected chi connectivity index (χ2v) is 5.30. The predicted octanol–water partition coefficient (Wildman–Crippen LogP) is 3.06. The molecule has 1 aliphatic rings. The van der Waals surface area contributed by atoms with E-state index in [4.69, 9.17) is 4.98 Å². The van der Waals surface area contributed by atoms with E-state index < -0.39 is 0 Å². The highest BCUT2D eigenvalue weighted by Crippen LogP contribution is 2.34. The SMILES string of the molecule is CCn1cncc1-c1nc(NC)cc(C2CCCC2)n1. The molecule has 3 rings (SSSR count). The number of nitrogens with one attached hydrogen (secondary N) is 1. The molecular weight excluding hydrogens is 250 g/mol. The standard InChI is InChI=1S/C15H21N5/c1-3-20-10-17-9-13(20)15-18-12(8-14(16-2)19-15)11-6-4-5-7-11/h8-11H,3-7H2,1-2H3,(H,16,18,19). The summed E-state index contributed by atoms with van der Waals surface area (Å²) >= 11 is 0. The van der Waals surface area contributed by atoms with Crippen molar-refractivity contribution in [1.29, 1.82) is 0 Å². The number of rotatable bonds is 4. The molecule has 1 saturated carbocycles. The van der Waals surface area contributed by atoms with Crippen molar-refractivity contribution >= 4 is 5.82 Å². The van der Waals surface area contributed by atoms with Gasteiger partial charge in [0.05, 0.1) is 12.5 Å². The summed E-state index contributed by atoms with van der Waals surface area (Å²) < 4.78 is 2.08. The fraction of sp³-hybridized carbons (Fsp3) is 0.533. The number of imidazole rings is 1. The van der Waals surface area contributed by atoms with Crippen LogP contribution >= 0.6 is 0 Å². The fourth-order valence-corrected chi connectivity index (χ4v) is 2.90. The molecule has 0 aromatic carbocycles. The maximum Gasteiger partial charge on any atom is 0.180 e. The van der Waals surface area contributed by atoms with Gasteiger partial charge >= 0.3 is 0 Å². The number of aromatic nitrogens is 4. The Morgan fingerprint density at radius 2 is 2.10 bits per heavy atom. The Labute approximate surface area is 119 Å². The van der Waals surface area contributed by atoms with E-state index in [2.05, 4.69) is 32.8 Å². The third-order valence-electron chi connectivity index (χ3n) is 4.06. The number of nitrogens with zero attached hydrogens (tertiary/aromatic N) is 4. The highest BCUT2D eigenvalue weighted by atomic mass is 15.1. The highest BCUT2D eigenvalue weighted by Gasteiger charge is 2.20. The minimum absolute atomic E-state index is 0.585. The summed E-state index contributed by atoms with van der Waals surface area (Å²) in [6.45, 7) is 2.98. The molecule has 20 heavy (non-hydrogen) atoms. The molecule has 0 spiro atoms. The molecule has 2 heterocycles. The monoisotopic (exact) mass is 271 g/mol. The largest absolute Gasteiger partial charge is 0.373 e. The van der Waals surface area contributed by atoms with Gasteiger partial charge in [0, 0.05) is 31.3 Å². The Morgan fingerprint density at radius 3 is 2.80 bits per heavy atom. The van der Waals surface area contributed by atoms with Gasteiger partial charge in [-0.15, -0.1) is 0 Å². The number of hydrogen-bond acceptors (Lipinski definition) is 4. The van der Waals surface area contributed by atoms with E-state index in [1.165, 1.54) is 31.4 Å². The van der Waals surface area contributed by atoms with Crippen LogP contribution in [-0.2, 0) is 6.54 Å². The molecule has 1 fully saturated rings. The lowest BCUT2D eigenvalue weighted by atomic mass is 10.0. The average molecular weight is 271 g/mol. The van der Waals surface area contributed by atoms with Crippen molar-refractivity contribution in [2.24, 2.45) is 0 Å². The predicted molar refractivity (Wildman–Crippen MR) is 79.7 cm³/mol. The Hall–Kier alpha value is -1.91. The van der Waals surface area contributed by atoms with Gasteiger partial charge in [0.1, 0.15) is 11.5 Å². The minimum Gasteiger partial charge on any atom is -0.373 e. The van der Waals surface area contributed by atoms with Crippen LogP contribution in [0.4, 0.5) is 5.82 Å². The van der Waals surface area contributed by atoms with Gasteiger partial charge < -0.3 is 9.88 Å². The summed E-state index contributed by atoms with van der Waals surface area (Å²) in [7, 11) is 1.90. The molecule has 2 aromatic rings. The van der Waals surface area contributed by atoms with Crippen LogP contribution in [-0.4, -0.2) is 26.6 Å². The van der Waals surface area contributed by atoms with Crippen molar-refractivity contribution in [2.75, 3.05) is 12.4 Å². The highest BCUT2D eigenvalue weighted by molar-refractivity contribution is 5.53.